The Labute approximate surface area is 74.2 Å². The van der Waals surface area contributed by atoms with Crippen LogP contribution in [0.2, 0.25) is 0 Å². The average molecular weight is 173 g/mol. The molecule has 0 heterocycles. The molecule has 2 atom stereocenters. The van der Waals surface area contributed by atoms with Crippen LogP contribution in [-0.2, 0) is 4.79 Å². The number of rotatable bonds is 6. The summed E-state index contributed by atoms with van der Waals surface area (Å²) in [5.41, 5.74) is 0. The molecule has 0 aromatic rings. The molecule has 0 radical (unpaired) electrons. The molecular weight excluding hydrogens is 154 g/mol. The van der Waals surface area contributed by atoms with Gasteiger partial charge in [0.2, 0.25) is 0 Å². The van der Waals surface area contributed by atoms with Crippen molar-refractivity contribution < 1.29 is 9.90 Å². The normalized spacial score (nSPS) is 15.6. The van der Waals surface area contributed by atoms with Gasteiger partial charge in [0.15, 0.2) is 0 Å². The van der Waals surface area contributed by atoms with Gasteiger partial charge in [0, 0.05) is 0 Å². The van der Waals surface area contributed by atoms with Gasteiger partial charge in [-0.3, -0.25) is 4.79 Å². The fraction of sp³-hybridized carbons (Fsp3) is 0.889. The van der Waals surface area contributed by atoms with Gasteiger partial charge in [0.05, 0.1) is 5.92 Å². The molecule has 0 rings (SSSR count). The molecule has 0 aromatic carbocycles. The summed E-state index contributed by atoms with van der Waals surface area (Å²) in [6, 6.07) is 0. The SMILES string of the molecule is CCNCC(C)CC(C)C(=O)O. The van der Waals surface area contributed by atoms with Crippen LogP contribution in [0.5, 0.6) is 0 Å². The lowest BCUT2D eigenvalue weighted by Crippen LogP contribution is -2.23. The van der Waals surface area contributed by atoms with Crippen molar-refractivity contribution in [1.82, 2.24) is 5.32 Å². The molecule has 12 heavy (non-hydrogen) atoms. The van der Waals surface area contributed by atoms with E-state index in [1.54, 1.807) is 6.92 Å². The number of hydrogen-bond acceptors (Lipinski definition) is 2. The van der Waals surface area contributed by atoms with Gasteiger partial charge in [-0.1, -0.05) is 20.8 Å². The zero-order valence-corrected chi connectivity index (χ0v) is 8.13. The monoisotopic (exact) mass is 173 g/mol. The number of hydrogen-bond donors (Lipinski definition) is 2. The summed E-state index contributed by atoms with van der Waals surface area (Å²) in [6.45, 7) is 7.74. The lowest BCUT2D eigenvalue weighted by molar-refractivity contribution is -0.141. The Morgan fingerprint density at radius 3 is 2.50 bits per heavy atom. The molecule has 0 amide bonds. The van der Waals surface area contributed by atoms with Gasteiger partial charge in [0.1, 0.15) is 0 Å². The van der Waals surface area contributed by atoms with Gasteiger partial charge in [-0.05, 0) is 25.4 Å². The van der Waals surface area contributed by atoms with Gasteiger partial charge in [0.25, 0.3) is 0 Å². The lowest BCUT2D eigenvalue weighted by atomic mass is 9.97. The van der Waals surface area contributed by atoms with E-state index >= 15 is 0 Å². The van der Waals surface area contributed by atoms with E-state index in [4.69, 9.17) is 5.11 Å². The minimum absolute atomic E-state index is 0.223. The molecule has 3 nitrogen and oxygen atoms in total. The molecule has 72 valence electrons. The third kappa shape index (κ3) is 5.13. The largest absolute Gasteiger partial charge is 0.481 e. The van der Waals surface area contributed by atoms with Crippen molar-refractivity contribution >= 4 is 5.97 Å². The van der Waals surface area contributed by atoms with E-state index < -0.39 is 5.97 Å². The topological polar surface area (TPSA) is 49.3 Å². The second kappa shape index (κ2) is 6.00. The summed E-state index contributed by atoms with van der Waals surface area (Å²) >= 11 is 0. The van der Waals surface area contributed by atoms with E-state index in [1.165, 1.54) is 0 Å². The number of carboxylic acids is 1. The maximum atomic E-state index is 10.5. The van der Waals surface area contributed by atoms with Crippen LogP contribution in [0.1, 0.15) is 27.2 Å². The van der Waals surface area contributed by atoms with Crippen molar-refractivity contribution in [2.45, 2.75) is 27.2 Å². The van der Waals surface area contributed by atoms with E-state index in [2.05, 4.69) is 12.2 Å². The second-order valence-corrected chi connectivity index (χ2v) is 3.39. The Bertz CT molecular complexity index is 136. The number of nitrogens with one attached hydrogen (secondary N) is 1. The van der Waals surface area contributed by atoms with Crippen LogP contribution in [0.4, 0.5) is 0 Å². The molecule has 0 saturated carbocycles. The second-order valence-electron chi connectivity index (χ2n) is 3.39. The average Bonchev–Trinajstić information content (AvgIpc) is 2.00. The smallest absolute Gasteiger partial charge is 0.306 e. The van der Waals surface area contributed by atoms with Gasteiger partial charge >= 0.3 is 5.97 Å². The van der Waals surface area contributed by atoms with Crippen LogP contribution in [-0.4, -0.2) is 24.2 Å². The Morgan fingerprint density at radius 2 is 2.08 bits per heavy atom. The molecular formula is C9H19NO2. The first-order chi connectivity index (χ1) is 5.57. The lowest BCUT2D eigenvalue weighted by Gasteiger charge is -2.13. The minimum atomic E-state index is -0.696. The third-order valence-corrected chi connectivity index (χ3v) is 1.92. The zero-order chi connectivity index (χ0) is 9.56. The third-order valence-electron chi connectivity index (χ3n) is 1.92. The van der Waals surface area contributed by atoms with Crippen molar-refractivity contribution in [2.75, 3.05) is 13.1 Å². The van der Waals surface area contributed by atoms with Crippen LogP contribution < -0.4 is 5.32 Å². The molecule has 0 bridgehead atoms. The molecule has 2 N–H and O–H groups in total. The van der Waals surface area contributed by atoms with Crippen LogP contribution in [0.15, 0.2) is 0 Å². The van der Waals surface area contributed by atoms with Crippen molar-refractivity contribution in [2.24, 2.45) is 11.8 Å². The zero-order valence-electron chi connectivity index (χ0n) is 8.13. The standard InChI is InChI=1S/C9H19NO2/c1-4-10-6-7(2)5-8(3)9(11)12/h7-8,10H,4-6H2,1-3H3,(H,11,12). The summed E-state index contributed by atoms with van der Waals surface area (Å²) < 4.78 is 0. The number of aliphatic carboxylic acids is 1. The Balaban J connectivity index is 3.53. The van der Waals surface area contributed by atoms with Crippen LogP contribution in [0, 0.1) is 11.8 Å². The maximum Gasteiger partial charge on any atom is 0.306 e. The molecule has 0 aromatic heterocycles. The molecule has 0 spiro atoms. The highest BCUT2D eigenvalue weighted by Crippen LogP contribution is 2.10. The van der Waals surface area contributed by atoms with E-state index in [9.17, 15) is 4.79 Å². The van der Waals surface area contributed by atoms with Gasteiger partial charge < -0.3 is 10.4 Å². The Morgan fingerprint density at radius 1 is 1.50 bits per heavy atom. The van der Waals surface area contributed by atoms with Gasteiger partial charge in [-0.2, -0.15) is 0 Å². The highest BCUT2D eigenvalue weighted by Gasteiger charge is 2.14. The fourth-order valence-electron chi connectivity index (χ4n) is 1.18. The Kier molecular flexibility index (Phi) is 5.72. The van der Waals surface area contributed by atoms with Crippen molar-refractivity contribution in [3.63, 3.8) is 0 Å². The maximum absolute atomic E-state index is 10.5. The molecule has 2 unspecified atom stereocenters. The molecule has 3 heteroatoms. The minimum Gasteiger partial charge on any atom is -0.481 e. The van der Waals surface area contributed by atoms with Gasteiger partial charge in [-0.15, -0.1) is 0 Å². The first-order valence-electron chi connectivity index (χ1n) is 4.51. The molecule has 0 saturated heterocycles. The predicted octanol–water partition coefficient (Wildman–Crippen LogP) is 1.34. The quantitative estimate of drug-likeness (QED) is 0.637. The van der Waals surface area contributed by atoms with Crippen molar-refractivity contribution in [1.29, 1.82) is 0 Å². The van der Waals surface area contributed by atoms with Crippen molar-refractivity contribution in [3.05, 3.63) is 0 Å². The van der Waals surface area contributed by atoms with Crippen LogP contribution in [0.3, 0.4) is 0 Å². The van der Waals surface area contributed by atoms with E-state index in [1.807, 2.05) is 6.92 Å². The van der Waals surface area contributed by atoms with Crippen molar-refractivity contribution in [3.8, 4) is 0 Å². The first-order valence-corrected chi connectivity index (χ1v) is 4.51. The Hall–Kier alpha value is -0.570. The summed E-state index contributed by atoms with van der Waals surface area (Å²) in [6.07, 6.45) is 0.752. The summed E-state index contributed by atoms with van der Waals surface area (Å²) in [4.78, 5) is 10.5. The number of carboxylic acid groups (broad SMARTS) is 1. The van der Waals surface area contributed by atoms with E-state index in [0.717, 1.165) is 19.5 Å². The predicted molar refractivity (Wildman–Crippen MR) is 49.1 cm³/mol. The molecule has 0 fully saturated rings. The fourth-order valence-corrected chi connectivity index (χ4v) is 1.18. The summed E-state index contributed by atoms with van der Waals surface area (Å²) in [5, 5.41) is 11.8. The molecule has 0 aliphatic rings. The highest BCUT2D eigenvalue weighted by atomic mass is 16.4. The molecule has 0 aliphatic carbocycles. The molecule has 0 aliphatic heterocycles. The van der Waals surface area contributed by atoms with Gasteiger partial charge in [-0.25, -0.2) is 0 Å². The van der Waals surface area contributed by atoms with E-state index in [-0.39, 0.29) is 5.92 Å². The highest BCUT2D eigenvalue weighted by molar-refractivity contribution is 5.69. The van der Waals surface area contributed by atoms with E-state index in [0.29, 0.717) is 5.92 Å². The summed E-state index contributed by atoms with van der Waals surface area (Å²) in [7, 11) is 0. The first kappa shape index (κ1) is 11.4. The summed E-state index contributed by atoms with van der Waals surface area (Å²) in [5.74, 6) is -0.479. The van der Waals surface area contributed by atoms with Crippen LogP contribution >= 0.6 is 0 Å². The number of carbonyl (C=O) groups is 1. The van der Waals surface area contributed by atoms with Crippen LogP contribution in [0.25, 0.3) is 0 Å².